The van der Waals surface area contributed by atoms with E-state index in [0.29, 0.717) is 0 Å². The molecular weight excluding hydrogens is 262 g/mol. The average molecular weight is 289 g/mol. The molecule has 0 aromatic carbocycles. The lowest BCUT2D eigenvalue weighted by Crippen LogP contribution is -2.30. The Labute approximate surface area is 127 Å². The summed E-state index contributed by atoms with van der Waals surface area (Å²) in [5.74, 6) is 0.949. The van der Waals surface area contributed by atoms with Crippen LogP contribution in [-0.4, -0.2) is 35.4 Å². The molecule has 1 aliphatic heterocycles. The highest BCUT2D eigenvalue weighted by atomic mass is 16.2. The van der Waals surface area contributed by atoms with Crippen LogP contribution in [0.4, 0.5) is 5.82 Å². The first kappa shape index (κ1) is 15.8. The summed E-state index contributed by atoms with van der Waals surface area (Å²) in [5.41, 5.74) is 2.00. The number of rotatable bonds is 5. The Balaban J connectivity index is 2.23. The number of hydrogen-bond acceptors (Lipinski definition) is 3. The third kappa shape index (κ3) is 3.96. The molecule has 0 radical (unpaired) electrons. The molecule has 0 atom stereocenters. The van der Waals surface area contributed by atoms with E-state index in [2.05, 4.69) is 31.1 Å². The molecule has 116 valence electrons. The maximum absolute atomic E-state index is 12.7. The molecule has 1 aliphatic rings. The smallest absolute Gasteiger partial charge is 0.254 e. The van der Waals surface area contributed by atoms with Crippen LogP contribution < -0.4 is 5.32 Å². The molecule has 1 fully saturated rings. The van der Waals surface area contributed by atoms with Crippen LogP contribution in [0, 0.1) is 5.41 Å². The second-order valence-corrected chi connectivity index (χ2v) is 6.65. The van der Waals surface area contributed by atoms with Gasteiger partial charge >= 0.3 is 0 Å². The van der Waals surface area contributed by atoms with E-state index in [1.54, 1.807) is 0 Å². The average Bonchev–Trinajstić information content (AvgIpc) is 2.79. The van der Waals surface area contributed by atoms with Crippen LogP contribution in [0.3, 0.4) is 0 Å². The van der Waals surface area contributed by atoms with Crippen molar-refractivity contribution in [2.45, 2.75) is 47.0 Å². The van der Waals surface area contributed by atoms with Crippen LogP contribution in [-0.2, 0) is 6.42 Å². The summed E-state index contributed by atoms with van der Waals surface area (Å²) in [6.07, 6.45) is 3.02. The zero-order valence-electron chi connectivity index (χ0n) is 13.7. The number of anilines is 1. The summed E-state index contributed by atoms with van der Waals surface area (Å²) in [4.78, 5) is 19.3. The first-order valence-corrected chi connectivity index (χ1v) is 7.99. The van der Waals surface area contributed by atoms with Crippen molar-refractivity contribution in [1.29, 1.82) is 0 Å². The molecule has 21 heavy (non-hydrogen) atoms. The number of pyridine rings is 1. The van der Waals surface area contributed by atoms with Crippen LogP contribution in [0.5, 0.6) is 0 Å². The fourth-order valence-corrected chi connectivity index (χ4v) is 2.84. The molecule has 1 aromatic heterocycles. The molecule has 0 bridgehead atoms. The van der Waals surface area contributed by atoms with Crippen LogP contribution in [0.1, 0.15) is 56.6 Å². The van der Waals surface area contributed by atoms with E-state index in [0.717, 1.165) is 56.0 Å². The third-order valence-corrected chi connectivity index (χ3v) is 3.95. The normalized spacial score (nSPS) is 17.0. The van der Waals surface area contributed by atoms with E-state index < -0.39 is 0 Å². The molecule has 1 N–H and O–H groups in total. The van der Waals surface area contributed by atoms with Gasteiger partial charge in [0.25, 0.3) is 5.91 Å². The number of nitrogens with zero attached hydrogens (tertiary/aromatic N) is 2. The van der Waals surface area contributed by atoms with Gasteiger partial charge in [0.15, 0.2) is 0 Å². The number of carbonyl (C=O) groups excluding carboxylic acids is 1. The first-order chi connectivity index (χ1) is 9.95. The number of nitrogens with one attached hydrogen (secondary N) is 1. The van der Waals surface area contributed by atoms with Gasteiger partial charge in [-0.15, -0.1) is 0 Å². The van der Waals surface area contributed by atoms with Crippen LogP contribution in [0.15, 0.2) is 12.1 Å². The Hall–Kier alpha value is -1.58. The van der Waals surface area contributed by atoms with Gasteiger partial charge in [0.2, 0.25) is 0 Å². The van der Waals surface area contributed by atoms with Crippen molar-refractivity contribution in [1.82, 2.24) is 9.88 Å². The topological polar surface area (TPSA) is 45.2 Å². The maximum atomic E-state index is 12.7. The SMILES string of the molecule is CCCc1cc(C(=O)N2CCC(C)(C)C2)cc(NCC)n1. The number of aryl methyl sites for hydroxylation is 1. The minimum Gasteiger partial charge on any atom is -0.370 e. The van der Waals surface area contributed by atoms with Gasteiger partial charge in [-0.05, 0) is 37.3 Å². The van der Waals surface area contributed by atoms with Gasteiger partial charge in [0.1, 0.15) is 5.82 Å². The molecule has 4 nitrogen and oxygen atoms in total. The van der Waals surface area contributed by atoms with E-state index in [9.17, 15) is 4.79 Å². The molecule has 2 rings (SSSR count). The zero-order chi connectivity index (χ0) is 15.5. The second kappa shape index (κ2) is 6.46. The highest BCUT2D eigenvalue weighted by Gasteiger charge is 2.32. The standard InChI is InChI=1S/C17H27N3O/c1-5-7-14-10-13(11-15(19-14)18-6-2)16(21)20-9-8-17(3,4)12-20/h10-11H,5-9,12H2,1-4H3,(H,18,19). The van der Waals surface area contributed by atoms with Crippen molar-refractivity contribution in [3.63, 3.8) is 0 Å². The lowest BCUT2D eigenvalue weighted by molar-refractivity contribution is 0.0778. The van der Waals surface area contributed by atoms with Gasteiger partial charge in [0.05, 0.1) is 0 Å². The monoisotopic (exact) mass is 289 g/mol. The maximum Gasteiger partial charge on any atom is 0.254 e. The molecule has 0 spiro atoms. The Morgan fingerprint density at radius 3 is 2.71 bits per heavy atom. The molecule has 0 unspecified atom stereocenters. The minimum atomic E-state index is 0.138. The number of hydrogen-bond donors (Lipinski definition) is 1. The Morgan fingerprint density at radius 2 is 2.14 bits per heavy atom. The van der Waals surface area contributed by atoms with Crippen molar-refractivity contribution < 1.29 is 4.79 Å². The predicted octanol–water partition coefficient (Wildman–Crippen LogP) is 3.34. The lowest BCUT2D eigenvalue weighted by atomic mass is 9.93. The van der Waals surface area contributed by atoms with Crippen molar-refractivity contribution in [3.8, 4) is 0 Å². The summed E-state index contributed by atoms with van der Waals surface area (Å²) >= 11 is 0. The van der Waals surface area contributed by atoms with E-state index in [1.165, 1.54) is 0 Å². The molecule has 4 heteroatoms. The van der Waals surface area contributed by atoms with Crippen molar-refractivity contribution in [2.75, 3.05) is 25.0 Å². The fraction of sp³-hybridized carbons (Fsp3) is 0.647. The quantitative estimate of drug-likeness (QED) is 0.904. The highest BCUT2D eigenvalue weighted by molar-refractivity contribution is 5.95. The van der Waals surface area contributed by atoms with Crippen LogP contribution in [0.25, 0.3) is 0 Å². The zero-order valence-corrected chi connectivity index (χ0v) is 13.7. The van der Waals surface area contributed by atoms with Crippen LogP contribution in [0.2, 0.25) is 0 Å². The molecule has 2 heterocycles. The Morgan fingerprint density at radius 1 is 1.38 bits per heavy atom. The van der Waals surface area contributed by atoms with Crippen molar-refractivity contribution in [3.05, 3.63) is 23.4 Å². The highest BCUT2D eigenvalue weighted by Crippen LogP contribution is 2.30. The molecular formula is C17H27N3O. The summed E-state index contributed by atoms with van der Waals surface area (Å²) in [6, 6.07) is 3.84. The molecule has 1 amide bonds. The first-order valence-electron chi connectivity index (χ1n) is 7.99. The van der Waals surface area contributed by atoms with Crippen molar-refractivity contribution >= 4 is 11.7 Å². The summed E-state index contributed by atoms with van der Waals surface area (Å²) in [7, 11) is 0. The van der Waals surface area contributed by atoms with Gasteiger partial charge in [-0.2, -0.15) is 0 Å². The third-order valence-electron chi connectivity index (χ3n) is 3.95. The van der Waals surface area contributed by atoms with Crippen molar-refractivity contribution in [2.24, 2.45) is 5.41 Å². The largest absolute Gasteiger partial charge is 0.370 e. The van der Waals surface area contributed by atoms with Crippen LogP contribution >= 0.6 is 0 Å². The fourth-order valence-electron chi connectivity index (χ4n) is 2.84. The van der Waals surface area contributed by atoms with Gasteiger partial charge in [-0.25, -0.2) is 4.98 Å². The van der Waals surface area contributed by atoms with E-state index in [1.807, 2.05) is 24.0 Å². The van der Waals surface area contributed by atoms with E-state index in [4.69, 9.17) is 0 Å². The summed E-state index contributed by atoms with van der Waals surface area (Å²) in [5, 5.41) is 3.23. The molecule has 1 aromatic rings. The lowest BCUT2D eigenvalue weighted by Gasteiger charge is -2.20. The van der Waals surface area contributed by atoms with Gasteiger partial charge in [-0.3, -0.25) is 4.79 Å². The van der Waals surface area contributed by atoms with E-state index in [-0.39, 0.29) is 11.3 Å². The summed E-state index contributed by atoms with van der Waals surface area (Å²) in [6.45, 7) is 11.1. The van der Waals surface area contributed by atoms with Gasteiger partial charge in [0, 0.05) is 30.9 Å². The molecule has 0 saturated carbocycles. The molecule has 1 saturated heterocycles. The van der Waals surface area contributed by atoms with Gasteiger partial charge < -0.3 is 10.2 Å². The minimum absolute atomic E-state index is 0.138. The number of amides is 1. The predicted molar refractivity (Wildman–Crippen MR) is 86.7 cm³/mol. The Kier molecular flexibility index (Phi) is 4.86. The Bertz CT molecular complexity index is 487. The summed E-state index contributed by atoms with van der Waals surface area (Å²) < 4.78 is 0. The number of carbonyl (C=O) groups is 1. The second-order valence-electron chi connectivity index (χ2n) is 6.65. The number of aromatic nitrogens is 1. The number of likely N-dealkylation sites (tertiary alicyclic amines) is 1. The van der Waals surface area contributed by atoms with Gasteiger partial charge in [-0.1, -0.05) is 27.2 Å². The van der Waals surface area contributed by atoms with E-state index >= 15 is 0 Å². The molecule has 0 aliphatic carbocycles.